The Bertz CT molecular complexity index is 493. The third kappa shape index (κ3) is 1.68. The summed E-state index contributed by atoms with van der Waals surface area (Å²) < 4.78 is 5.42. The smallest absolute Gasteiger partial charge is 0.264 e. The molecule has 1 aliphatic heterocycles. The van der Waals surface area contributed by atoms with Crippen molar-refractivity contribution < 1.29 is 9.53 Å². The lowest BCUT2D eigenvalue weighted by Crippen LogP contribution is -2.37. The minimum atomic E-state index is -0.226. The van der Waals surface area contributed by atoms with Gasteiger partial charge in [-0.05, 0) is 30.5 Å². The maximum Gasteiger partial charge on any atom is 0.264 e. The number of ether oxygens (including phenoxy) is 1. The van der Waals surface area contributed by atoms with Crippen molar-refractivity contribution in [1.82, 2.24) is 0 Å². The van der Waals surface area contributed by atoms with Crippen molar-refractivity contribution in [3.63, 3.8) is 0 Å². The fourth-order valence-electron chi connectivity index (χ4n) is 2.88. The van der Waals surface area contributed by atoms with E-state index in [0.29, 0.717) is 0 Å². The molecule has 1 heterocycles. The number of amides is 1. The molecule has 96 valence electrons. The predicted molar refractivity (Wildman–Crippen MR) is 69.7 cm³/mol. The van der Waals surface area contributed by atoms with Gasteiger partial charge in [-0.2, -0.15) is 0 Å². The highest BCUT2D eigenvalue weighted by molar-refractivity contribution is 5.97. The van der Waals surface area contributed by atoms with Crippen molar-refractivity contribution in [2.24, 2.45) is 5.73 Å². The predicted octanol–water partition coefficient (Wildman–Crippen LogP) is 1.77. The van der Waals surface area contributed by atoms with Crippen LogP contribution in [0.25, 0.3) is 0 Å². The molecule has 0 spiro atoms. The highest BCUT2D eigenvalue weighted by Gasteiger charge is 2.33. The van der Waals surface area contributed by atoms with Crippen LogP contribution in [0.3, 0.4) is 0 Å². The van der Waals surface area contributed by atoms with E-state index in [1.54, 1.807) is 11.9 Å². The van der Waals surface area contributed by atoms with Gasteiger partial charge in [0, 0.05) is 12.6 Å². The first-order chi connectivity index (χ1) is 8.60. The van der Waals surface area contributed by atoms with Gasteiger partial charge in [0.2, 0.25) is 0 Å². The van der Waals surface area contributed by atoms with E-state index < -0.39 is 0 Å². The second-order valence-electron chi connectivity index (χ2n) is 5.29. The van der Waals surface area contributed by atoms with E-state index in [2.05, 4.69) is 0 Å². The molecule has 0 atom stereocenters. The van der Waals surface area contributed by atoms with Crippen molar-refractivity contribution in [2.75, 3.05) is 18.6 Å². The van der Waals surface area contributed by atoms with E-state index in [1.807, 2.05) is 18.2 Å². The summed E-state index contributed by atoms with van der Waals surface area (Å²) >= 11 is 0. The lowest BCUT2D eigenvalue weighted by atomic mass is 9.89. The van der Waals surface area contributed by atoms with Crippen molar-refractivity contribution in [3.05, 3.63) is 23.8 Å². The second-order valence-corrected chi connectivity index (χ2v) is 5.29. The first-order valence-corrected chi connectivity index (χ1v) is 6.43. The van der Waals surface area contributed by atoms with Crippen LogP contribution in [0.2, 0.25) is 0 Å². The Kier molecular flexibility index (Phi) is 2.55. The van der Waals surface area contributed by atoms with Gasteiger partial charge < -0.3 is 15.4 Å². The van der Waals surface area contributed by atoms with Crippen molar-refractivity contribution in [2.45, 2.75) is 31.2 Å². The summed E-state index contributed by atoms with van der Waals surface area (Å²) in [4.78, 5) is 13.3. The molecule has 1 fully saturated rings. The van der Waals surface area contributed by atoms with Crippen LogP contribution in [0.5, 0.6) is 5.75 Å². The topological polar surface area (TPSA) is 55.6 Å². The van der Waals surface area contributed by atoms with Crippen molar-refractivity contribution in [3.8, 4) is 5.75 Å². The molecule has 1 amide bonds. The summed E-state index contributed by atoms with van der Waals surface area (Å²) in [5.74, 6) is 0.750. The van der Waals surface area contributed by atoms with Gasteiger partial charge >= 0.3 is 0 Å². The quantitative estimate of drug-likeness (QED) is 0.821. The van der Waals surface area contributed by atoms with Crippen LogP contribution < -0.4 is 15.4 Å². The standard InChI is InChI=1S/C14H18N2O2/c1-16-11-8-10(14(15)6-2-3-7-14)4-5-12(11)18-9-13(16)17/h4-5,8H,2-3,6-7,9,15H2,1H3. The Labute approximate surface area is 107 Å². The highest BCUT2D eigenvalue weighted by atomic mass is 16.5. The summed E-state index contributed by atoms with van der Waals surface area (Å²) in [6.07, 6.45) is 4.40. The van der Waals surface area contributed by atoms with Gasteiger partial charge in [0.25, 0.3) is 5.91 Å². The number of hydrogen-bond donors (Lipinski definition) is 1. The number of likely N-dealkylation sites (N-methyl/N-ethyl adjacent to an activating group) is 1. The molecule has 1 aliphatic carbocycles. The lowest BCUT2D eigenvalue weighted by Gasteiger charge is -2.30. The summed E-state index contributed by atoms with van der Waals surface area (Å²) in [6.45, 7) is 0.122. The third-order valence-electron chi connectivity index (χ3n) is 4.12. The average molecular weight is 246 g/mol. The molecular formula is C14H18N2O2. The molecule has 1 saturated carbocycles. The van der Waals surface area contributed by atoms with Gasteiger partial charge in [0.05, 0.1) is 5.69 Å². The Morgan fingerprint density at radius 2 is 2.06 bits per heavy atom. The van der Waals surface area contributed by atoms with E-state index in [0.717, 1.165) is 29.8 Å². The summed E-state index contributed by atoms with van der Waals surface area (Å²) in [5.41, 5.74) is 8.17. The van der Waals surface area contributed by atoms with Crippen LogP contribution in [0.15, 0.2) is 18.2 Å². The number of rotatable bonds is 1. The van der Waals surface area contributed by atoms with E-state index in [4.69, 9.17) is 10.5 Å². The zero-order chi connectivity index (χ0) is 12.8. The van der Waals surface area contributed by atoms with Gasteiger partial charge in [-0.15, -0.1) is 0 Å². The van der Waals surface area contributed by atoms with Crippen molar-refractivity contribution >= 4 is 11.6 Å². The fraction of sp³-hybridized carbons (Fsp3) is 0.500. The van der Waals surface area contributed by atoms with Crippen LogP contribution in [-0.2, 0) is 10.3 Å². The molecule has 1 aromatic carbocycles. The zero-order valence-corrected chi connectivity index (χ0v) is 10.6. The highest BCUT2D eigenvalue weighted by Crippen LogP contribution is 2.40. The first kappa shape index (κ1) is 11.5. The number of nitrogens with two attached hydrogens (primary N) is 1. The molecule has 4 heteroatoms. The third-order valence-corrected chi connectivity index (χ3v) is 4.12. The van der Waals surface area contributed by atoms with E-state index in [9.17, 15) is 4.79 Å². The number of carbonyl (C=O) groups is 1. The van der Waals surface area contributed by atoms with E-state index in [1.165, 1.54) is 12.8 Å². The Hall–Kier alpha value is -1.55. The van der Waals surface area contributed by atoms with Crippen LogP contribution in [-0.4, -0.2) is 19.6 Å². The maximum atomic E-state index is 11.6. The number of carbonyl (C=O) groups excluding carboxylic acids is 1. The number of anilines is 1. The molecule has 0 unspecified atom stereocenters. The number of fused-ring (bicyclic) bond motifs is 1. The zero-order valence-electron chi connectivity index (χ0n) is 10.6. The molecule has 2 aliphatic rings. The van der Waals surface area contributed by atoms with Crippen LogP contribution in [0.1, 0.15) is 31.2 Å². The Morgan fingerprint density at radius 3 is 2.78 bits per heavy atom. The molecule has 3 rings (SSSR count). The first-order valence-electron chi connectivity index (χ1n) is 6.43. The SMILES string of the molecule is CN1C(=O)COc2ccc(C3(N)CCCC3)cc21. The van der Waals surface area contributed by atoms with Gasteiger partial charge in [-0.1, -0.05) is 18.9 Å². The van der Waals surface area contributed by atoms with Gasteiger partial charge in [-0.3, -0.25) is 4.79 Å². The maximum absolute atomic E-state index is 11.6. The molecule has 4 nitrogen and oxygen atoms in total. The molecule has 0 radical (unpaired) electrons. The van der Waals surface area contributed by atoms with Gasteiger partial charge in [0.1, 0.15) is 5.75 Å². The van der Waals surface area contributed by atoms with Crippen LogP contribution >= 0.6 is 0 Å². The molecule has 0 saturated heterocycles. The summed E-state index contributed by atoms with van der Waals surface area (Å²) in [6, 6.07) is 5.98. The van der Waals surface area contributed by atoms with Crippen molar-refractivity contribution in [1.29, 1.82) is 0 Å². The molecule has 0 aromatic heterocycles. The van der Waals surface area contributed by atoms with Crippen LogP contribution in [0, 0.1) is 0 Å². The second kappa shape index (κ2) is 3.99. The molecule has 0 bridgehead atoms. The average Bonchev–Trinajstić information content (AvgIpc) is 2.82. The van der Waals surface area contributed by atoms with Crippen LogP contribution in [0.4, 0.5) is 5.69 Å². The Morgan fingerprint density at radius 1 is 1.33 bits per heavy atom. The number of benzene rings is 1. The minimum absolute atomic E-state index is 0.0165. The lowest BCUT2D eigenvalue weighted by molar-refractivity contribution is -0.120. The molecule has 1 aromatic rings. The number of hydrogen-bond acceptors (Lipinski definition) is 3. The molecule has 18 heavy (non-hydrogen) atoms. The normalized spacial score (nSPS) is 21.7. The summed E-state index contributed by atoms with van der Waals surface area (Å²) in [5, 5.41) is 0. The largest absolute Gasteiger partial charge is 0.482 e. The number of nitrogens with zero attached hydrogens (tertiary/aromatic N) is 1. The van der Waals surface area contributed by atoms with E-state index in [-0.39, 0.29) is 18.1 Å². The fourth-order valence-corrected chi connectivity index (χ4v) is 2.88. The monoisotopic (exact) mass is 246 g/mol. The Balaban J connectivity index is 2.02. The van der Waals surface area contributed by atoms with Gasteiger partial charge in [0.15, 0.2) is 6.61 Å². The van der Waals surface area contributed by atoms with E-state index >= 15 is 0 Å². The minimum Gasteiger partial charge on any atom is -0.482 e. The van der Waals surface area contributed by atoms with Gasteiger partial charge in [-0.25, -0.2) is 0 Å². The summed E-state index contributed by atoms with van der Waals surface area (Å²) in [7, 11) is 1.78. The molecular weight excluding hydrogens is 228 g/mol. The molecule has 2 N–H and O–H groups in total.